The van der Waals surface area contributed by atoms with Crippen molar-refractivity contribution in [2.24, 2.45) is 0 Å². The number of esters is 1. The average Bonchev–Trinajstić information content (AvgIpc) is 2.68. The van der Waals surface area contributed by atoms with Crippen LogP contribution in [0.1, 0.15) is 16.3 Å². The topological polar surface area (TPSA) is 80.9 Å². The first-order chi connectivity index (χ1) is 8.54. The Bertz CT molecular complexity index is 635. The Morgan fingerprint density at radius 3 is 2.89 bits per heavy atom. The molecule has 0 aliphatic carbocycles. The van der Waals surface area contributed by atoms with E-state index in [-0.39, 0.29) is 17.9 Å². The van der Waals surface area contributed by atoms with Crippen molar-refractivity contribution in [3.05, 3.63) is 34.9 Å². The van der Waals surface area contributed by atoms with Crippen LogP contribution in [0.4, 0.5) is 0 Å². The summed E-state index contributed by atoms with van der Waals surface area (Å²) in [5, 5.41) is 9.11. The summed E-state index contributed by atoms with van der Waals surface area (Å²) in [6.07, 6.45) is 1.29. The number of carboxylic acids is 1. The van der Waals surface area contributed by atoms with Gasteiger partial charge < -0.3 is 14.2 Å². The van der Waals surface area contributed by atoms with Crippen LogP contribution < -0.4 is 0 Å². The van der Waals surface area contributed by atoms with Gasteiger partial charge >= 0.3 is 11.9 Å². The van der Waals surface area contributed by atoms with Gasteiger partial charge in [-0.1, -0.05) is 11.6 Å². The number of carbonyl (C=O) groups excluding carboxylic acids is 1. The summed E-state index contributed by atoms with van der Waals surface area (Å²) >= 11 is 6.00. The predicted molar refractivity (Wildman–Crippen MR) is 62.9 cm³/mol. The van der Waals surface area contributed by atoms with Crippen LogP contribution in [0.15, 0.2) is 18.3 Å². The summed E-state index contributed by atoms with van der Waals surface area (Å²) in [7, 11) is 1.22. The molecule has 0 saturated heterocycles. The summed E-state index contributed by atoms with van der Waals surface area (Å²) in [5.41, 5.74) is 0.363. The lowest BCUT2D eigenvalue weighted by Gasteiger charge is -2.00. The molecule has 0 unspecified atom stereocenters. The van der Waals surface area contributed by atoms with E-state index in [1.54, 1.807) is 18.3 Å². The van der Waals surface area contributed by atoms with Gasteiger partial charge in [0.05, 0.1) is 17.6 Å². The van der Waals surface area contributed by atoms with Gasteiger partial charge in [-0.25, -0.2) is 9.78 Å². The van der Waals surface area contributed by atoms with Crippen molar-refractivity contribution in [1.82, 2.24) is 9.38 Å². The molecule has 0 aromatic carbocycles. The van der Waals surface area contributed by atoms with Crippen LogP contribution in [0.3, 0.4) is 0 Å². The fourth-order valence-corrected chi connectivity index (χ4v) is 1.91. The SMILES string of the molecule is COC(=O)c1nc(CC(=O)O)n2cccc(Cl)c12. The zero-order chi connectivity index (χ0) is 13.3. The molecule has 0 bridgehead atoms. The van der Waals surface area contributed by atoms with Crippen LogP contribution in [-0.2, 0) is 16.0 Å². The number of ether oxygens (including phenoxy) is 1. The summed E-state index contributed by atoms with van der Waals surface area (Å²) in [5.74, 6) is -1.48. The number of carbonyl (C=O) groups is 2. The van der Waals surface area contributed by atoms with Gasteiger partial charge in [-0.05, 0) is 12.1 Å². The lowest BCUT2D eigenvalue weighted by Crippen LogP contribution is -2.05. The van der Waals surface area contributed by atoms with Crippen molar-refractivity contribution in [2.75, 3.05) is 7.11 Å². The van der Waals surface area contributed by atoms with E-state index in [1.165, 1.54) is 11.5 Å². The Morgan fingerprint density at radius 1 is 1.56 bits per heavy atom. The largest absolute Gasteiger partial charge is 0.481 e. The van der Waals surface area contributed by atoms with Crippen LogP contribution in [-0.4, -0.2) is 33.5 Å². The molecule has 1 N–H and O–H groups in total. The minimum Gasteiger partial charge on any atom is -0.481 e. The van der Waals surface area contributed by atoms with E-state index in [0.29, 0.717) is 10.5 Å². The summed E-state index contributed by atoms with van der Waals surface area (Å²) in [6.45, 7) is 0. The molecule has 7 heteroatoms. The zero-order valence-electron chi connectivity index (χ0n) is 9.38. The number of fused-ring (bicyclic) bond motifs is 1. The molecule has 0 atom stereocenters. The van der Waals surface area contributed by atoms with E-state index in [4.69, 9.17) is 16.7 Å². The molecule has 2 aromatic rings. The van der Waals surface area contributed by atoms with Gasteiger partial charge in [-0.2, -0.15) is 0 Å². The van der Waals surface area contributed by atoms with Crippen LogP contribution in [0.25, 0.3) is 5.52 Å². The van der Waals surface area contributed by atoms with Crippen LogP contribution in [0.5, 0.6) is 0 Å². The van der Waals surface area contributed by atoms with Gasteiger partial charge in [0.2, 0.25) is 0 Å². The lowest BCUT2D eigenvalue weighted by atomic mass is 10.3. The molecular formula is C11H9ClN2O4. The van der Waals surface area contributed by atoms with Crippen molar-refractivity contribution in [3.63, 3.8) is 0 Å². The number of pyridine rings is 1. The second kappa shape index (κ2) is 4.66. The normalized spacial score (nSPS) is 10.6. The molecule has 0 spiro atoms. The van der Waals surface area contributed by atoms with E-state index in [1.807, 2.05) is 0 Å². The fourth-order valence-electron chi connectivity index (χ4n) is 1.66. The smallest absolute Gasteiger partial charge is 0.358 e. The molecule has 18 heavy (non-hydrogen) atoms. The molecule has 2 aromatic heterocycles. The highest BCUT2D eigenvalue weighted by molar-refractivity contribution is 6.34. The van der Waals surface area contributed by atoms with Gasteiger partial charge in [0.25, 0.3) is 0 Å². The van der Waals surface area contributed by atoms with Crippen LogP contribution in [0, 0.1) is 0 Å². The maximum Gasteiger partial charge on any atom is 0.358 e. The quantitative estimate of drug-likeness (QED) is 0.851. The van der Waals surface area contributed by atoms with Crippen molar-refractivity contribution < 1.29 is 19.4 Å². The first-order valence-corrected chi connectivity index (χ1v) is 5.38. The first kappa shape index (κ1) is 12.4. The number of nitrogens with zero attached hydrogens (tertiary/aromatic N) is 2. The van der Waals surface area contributed by atoms with Gasteiger partial charge in [-0.3, -0.25) is 4.79 Å². The zero-order valence-corrected chi connectivity index (χ0v) is 10.1. The van der Waals surface area contributed by atoms with Crippen molar-refractivity contribution in [1.29, 1.82) is 0 Å². The third-order valence-corrected chi connectivity index (χ3v) is 2.68. The van der Waals surface area contributed by atoms with E-state index in [9.17, 15) is 9.59 Å². The van der Waals surface area contributed by atoms with Gasteiger partial charge in [0.15, 0.2) is 5.69 Å². The number of hydrogen-bond donors (Lipinski definition) is 1. The Morgan fingerprint density at radius 2 is 2.28 bits per heavy atom. The molecule has 2 rings (SSSR count). The molecule has 94 valence electrons. The van der Waals surface area contributed by atoms with E-state index in [0.717, 1.165) is 0 Å². The number of methoxy groups -OCH3 is 1. The molecule has 0 aliphatic rings. The number of aliphatic carboxylic acids is 1. The highest BCUT2D eigenvalue weighted by atomic mass is 35.5. The minimum atomic E-state index is -1.04. The van der Waals surface area contributed by atoms with Crippen molar-refractivity contribution >= 4 is 29.1 Å². The van der Waals surface area contributed by atoms with Crippen molar-refractivity contribution in [2.45, 2.75) is 6.42 Å². The summed E-state index contributed by atoms with van der Waals surface area (Å²) in [6, 6.07) is 3.24. The Hall–Kier alpha value is -2.08. The lowest BCUT2D eigenvalue weighted by molar-refractivity contribution is -0.136. The Balaban J connectivity index is 2.71. The summed E-state index contributed by atoms with van der Waals surface area (Å²) in [4.78, 5) is 26.3. The molecule has 0 aliphatic heterocycles. The number of hydrogen-bond acceptors (Lipinski definition) is 4. The van der Waals surface area contributed by atoms with Crippen LogP contribution >= 0.6 is 11.6 Å². The molecule has 0 saturated carbocycles. The number of rotatable bonds is 3. The standard InChI is InChI=1S/C11H9ClN2O4/c1-18-11(17)9-10-6(12)3-2-4-14(10)7(13-9)5-8(15)16/h2-4H,5H2,1H3,(H,15,16). The van der Waals surface area contributed by atoms with Crippen molar-refractivity contribution in [3.8, 4) is 0 Å². The highest BCUT2D eigenvalue weighted by Gasteiger charge is 2.21. The van der Waals surface area contributed by atoms with Gasteiger partial charge in [0.1, 0.15) is 12.2 Å². The van der Waals surface area contributed by atoms with E-state index < -0.39 is 11.9 Å². The maximum absolute atomic E-state index is 11.6. The Labute approximate surface area is 107 Å². The number of halogens is 1. The molecule has 0 amide bonds. The fraction of sp³-hybridized carbons (Fsp3) is 0.182. The highest BCUT2D eigenvalue weighted by Crippen LogP contribution is 2.23. The number of imidazole rings is 1. The van der Waals surface area contributed by atoms with E-state index >= 15 is 0 Å². The maximum atomic E-state index is 11.6. The molecule has 6 nitrogen and oxygen atoms in total. The summed E-state index contributed by atoms with van der Waals surface area (Å²) < 4.78 is 6.07. The second-order valence-electron chi connectivity index (χ2n) is 3.51. The van der Waals surface area contributed by atoms with Crippen LogP contribution in [0.2, 0.25) is 5.02 Å². The number of aromatic nitrogens is 2. The first-order valence-electron chi connectivity index (χ1n) is 5.00. The molecular weight excluding hydrogens is 260 g/mol. The third-order valence-electron chi connectivity index (χ3n) is 2.38. The molecule has 0 radical (unpaired) electrons. The minimum absolute atomic E-state index is 0.0133. The molecule has 2 heterocycles. The third kappa shape index (κ3) is 2.02. The second-order valence-corrected chi connectivity index (χ2v) is 3.92. The van der Waals surface area contributed by atoms with E-state index in [2.05, 4.69) is 9.72 Å². The van der Waals surface area contributed by atoms with Gasteiger partial charge in [0, 0.05) is 6.20 Å². The average molecular weight is 269 g/mol. The monoisotopic (exact) mass is 268 g/mol. The van der Waals surface area contributed by atoms with Gasteiger partial charge in [-0.15, -0.1) is 0 Å². The number of carboxylic acid groups (broad SMARTS) is 1. The molecule has 0 fully saturated rings. The Kier molecular flexibility index (Phi) is 3.20. The predicted octanol–water partition coefficient (Wildman–Crippen LogP) is 1.40.